The van der Waals surface area contributed by atoms with Crippen molar-refractivity contribution in [3.8, 4) is 23.0 Å². The van der Waals surface area contributed by atoms with Crippen molar-refractivity contribution in [2.75, 3.05) is 7.11 Å². The normalized spacial score (nSPS) is 17.2. The molecule has 2 aliphatic rings. The Morgan fingerprint density at radius 1 is 0.829 bits per heavy atom. The van der Waals surface area contributed by atoms with Crippen LogP contribution in [-0.2, 0) is 16.9 Å². The maximum absolute atomic E-state index is 13.0. The van der Waals surface area contributed by atoms with E-state index < -0.39 is 5.60 Å². The van der Waals surface area contributed by atoms with Crippen molar-refractivity contribution in [1.82, 2.24) is 0 Å². The number of methoxy groups -OCH3 is 1. The third-order valence-electron chi connectivity index (χ3n) is 6.46. The number of aryl methyl sites for hydroxylation is 1. The molecule has 1 unspecified atom stereocenters. The summed E-state index contributed by atoms with van der Waals surface area (Å²) in [5, 5.41) is 0. The second-order valence-corrected chi connectivity index (χ2v) is 9.57. The van der Waals surface area contributed by atoms with Crippen LogP contribution in [-0.4, -0.2) is 13.1 Å². The van der Waals surface area contributed by atoms with Gasteiger partial charge in [0.1, 0.15) is 29.6 Å². The Balaban J connectivity index is 1.43. The van der Waals surface area contributed by atoms with Gasteiger partial charge < -0.3 is 18.9 Å². The van der Waals surface area contributed by atoms with E-state index in [-0.39, 0.29) is 5.97 Å². The lowest BCUT2D eigenvalue weighted by Crippen LogP contribution is -2.33. The van der Waals surface area contributed by atoms with Crippen molar-refractivity contribution in [2.45, 2.75) is 19.1 Å². The van der Waals surface area contributed by atoms with Crippen LogP contribution in [0.2, 0.25) is 0 Å². The topological polar surface area (TPSA) is 54.0 Å². The molecule has 0 bridgehead atoms. The van der Waals surface area contributed by atoms with Gasteiger partial charge in [-0.25, -0.2) is 4.79 Å². The van der Waals surface area contributed by atoms with Crippen molar-refractivity contribution in [3.05, 3.63) is 117 Å². The van der Waals surface area contributed by atoms with Crippen LogP contribution in [0.5, 0.6) is 23.0 Å². The van der Waals surface area contributed by atoms with E-state index in [2.05, 4.69) is 15.9 Å². The Morgan fingerprint density at radius 2 is 1.51 bits per heavy atom. The van der Waals surface area contributed by atoms with Gasteiger partial charge in [0.05, 0.1) is 12.7 Å². The third kappa shape index (κ3) is 3.48. The van der Waals surface area contributed by atoms with Gasteiger partial charge in [-0.05, 0) is 60.5 Å². The van der Waals surface area contributed by atoms with Gasteiger partial charge in [0.25, 0.3) is 0 Å². The minimum absolute atomic E-state index is 0.361. The Kier molecular flexibility index (Phi) is 5.07. The summed E-state index contributed by atoms with van der Waals surface area (Å²) in [6.07, 6.45) is 0. The number of halogens is 1. The van der Waals surface area contributed by atoms with Crippen LogP contribution in [0.25, 0.3) is 0 Å². The SMILES string of the molecule is COc1ccc(COc2ccc3c(c2)Oc2cc(C)ccc2C32OC(=O)c3cc(Br)ccc32)cc1. The highest BCUT2D eigenvalue weighted by molar-refractivity contribution is 9.10. The fraction of sp³-hybridized carbons (Fsp3) is 0.138. The average molecular weight is 529 g/mol. The van der Waals surface area contributed by atoms with Crippen LogP contribution in [0.15, 0.2) is 83.3 Å². The molecule has 1 atom stereocenters. The Morgan fingerprint density at radius 3 is 2.29 bits per heavy atom. The number of carbonyl (C=O) groups is 1. The highest BCUT2D eigenvalue weighted by Crippen LogP contribution is 2.56. The van der Waals surface area contributed by atoms with E-state index in [0.717, 1.165) is 38.0 Å². The summed E-state index contributed by atoms with van der Waals surface area (Å²) >= 11 is 3.48. The maximum atomic E-state index is 13.0. The summed E-state index contributed by atoms with van der Waals surface area (Å²) in [6.45, 7) is 2.40. The number of carbonyl (C=O) groups excluding carboxylic acids is 1. The van der Waals surface area contributed by atoms with E-state index in [4.69, 9.17) is 18.9 Å². The molecule has 0 aromatic heterocycles. The highest BCUT2D eigenvalue weighted by atomic mass is 79.9. The van der Waals surface area contributed by atoms with Gasteiger partial charge in [0.2, 0.25) is 0 Å². The van der Waals surface area contributed by atoms with Gasteiger partial charge in [-0.1, -0.05) is 46.3 Å². The molecule has 0 saturated carbocycles. The van der Waals surface area contributed by atoms with E-state index >= 15 is 0 Å². The zero-order valence-corrected chi connectivity index (χ0v) is 20.7. The molecule has 1 spiro atoms. The number of benzene rings is 4. The molecule has 0 radical (unpaired) electrons. The zero-order chi connectivity index (χ0) is 24.2. The number of esters is 1. The number of ether oxygens (including phenoxy) is 4. The lowest BCUT2D eigenvalue weighted by Gasteiger charge is -2.36. The van der Waals surface area contributed by atoms with Crippen LogP contribution in [0.3, 0.4) is 0 Å². The predicted octanol–water partition coefficient (Wildman–Crippen LogP) is 6.91. The summed E-state index contributed by atoms with van der Waals surface area (Å²) in [6, 6.07) is 25.0. The second kappa shape index (κ2) is 8.17. The summed E-state index contributed by atoms with van der Waals surface area (Å²) < 4.78 is 24.7. The smallest absolute Gasteiger partial charge is 0.340 e. The van der Waals surface area contributed by atoms with Gasteiger partial charge in [-0.15, -0.1) is 0 Å². The van der Waals surface area contributed by atoms with Crippen LogP contribution in [0.4, 0.5) is 0 Å². The van der Waals surface area contributed by atoms with Crippen LogP contribution in [0.1, 0.15) is 38.2 Å². The first-order chi connectivity index (χ1) is 17.0. The molecule has 4 aromatic carbocycles. The number of hydrogen-bond donors (Lipinski definition) is 0. The molecule has 5 nitrogen and oxygen atoms in total. The average Bonchev–Trinajstić information content (AvgIpc) is 3.14. The maximum Gasteiger partial charge on any atom is 0.340 e. The van der Waals surface area contributed by atoms with Crippen molar-refractivity contribution >= 4 is 21.9 Å². The quantitative estimate of drug-likeness (QED) is 0.269. The van der Waals surface area contributed by atoms with Crippen molar-refractivity contribution in [1.29, 1.82) is 0 Å². The fourth-order valence-corrected chi connectivity index (χ4v) is 5.13. The number of fused-ring (bicyclic) bond motifs is 6. The molecular weight excluding hydrogens is 508 g/mol. The van der Waals surface area contributed by atoms with E-state index in [1.807, 2.05) is 85.8 Å². The third-order valence-corrected chi connectivity index (χ3v) is 6.95. The lowest BCUT2D eigenvalue weighted by atomic mass is 9.77. The molecule has 6 heteroatoms. The van der Waals surface area contributed by atoms with E-state index in [9.17, 15) is 4.79 Å². The number of hydrogen-bond acceptors (Lipinski definition) is 5. The second-order valence-electron chi connectivity index (χ2n) is 8.66. The van der Waals surface area contributed by atoms with Gasteiger partial charge in [-0.3, -0.25) is 0 Å². The molecule has 35 heavy (non-hydrogen) atoms. The first-order valence-electron chi connectivity index (χ1n) is 11.2. The highest BCUT2D eigenvalue weighted by Gasteiger charge is 2.53. The molecule has 0 N–H and O–H groups in total. The lowest BCUT2D eigenvalue weighted by molar-refractivity contribution is 0.0224. The molecule has 6 rings (SSSR count). The minimum atomic E-state index is -1.09. The molecule has 0 fully saturated rings. The molecule has 0 saturated heterocycles. The summed E-state index contributed by atoms with van der Waals surface area (Å²) in [7, 11) is 1.64. The van der Waals surface area contributed by atoms with E-state index in [1.165, 1.54) is 0 Å². The van der Waals surface area contributed by atoms with Crippen molar-refractivity contribution in [3.63, 3.8) is 0 Å². The molecule has 0 amide bonds. The standard InChI is InChI=1S/C29H21BrO5/c1-17-3-10-24-26(13-17)34-27-15-21(33-16-18-4-7-20(32-2)8-5-18)9-12-25(27)29(24)23-11-6-19(30)14-22(23)28(31)35-29/h3-15H,16H2,1-2H3. The van der Waals surface area contributed by atoms with Gasteiger partial charge >= 0.3 is 5.97 Å². The van der Waals surface area contributed by atoms with Gasteiger partial charge in [-0.2, -0.15) is 0 Å². The molecular formula is C29H21BrO5. The largest absolute Gasteiger partial charge is 0.497 e. The molecule has 4 aromatic rings. The van der Waals surface area contributed by atoms with Crippen molar-refractivity contribution < 1.29 is 23.7 Å². The van der Waals surface area contributed by atoms with E-state index in [1.54, 1.807) is 7.11 Å². The minimum Gasteiger partial charge on any atom is -0.497 e. The summed E-state index contributed by atoms with van der Waals surface area (Å²) in [4.78, 5) is 13.0. The molecule has 174 valence electrons. The molecule has 2 aliphatic heterocycles. The van der Waals surface area contributed by atoms with Crippen LogP contribution < -0.4 is 14.2 Å². The molecule has 0 aliphatic carbocycles. The van der Waals surface area contributed by atoms with Gasteiger partial charge in [0, 0.05) is 27.2 Å². The first-order valence-corrected chi connectivity index (χ1v) is 12.0. The van der Waals surface area contributed by atoms with E-state index in [0.29, 0.717) is 29.4 Å². The first kappa shape index (κ1) is 21.7. The summed E-state index contributed by atoms with van der Waals surface area (Å²) in [5.41, 5.74) is 3.89. The molecule has 2 heterocycles. The van der Waals surface area contributed by atoms with Crippen LogP contribution >= 0.6 is 15.9 Å². The fourth-order valence-electron chi connectivity index (χ4n) is 4.77. The number of rotatable bonds is 4. The van der Waals surface area contributed by atoms with Crippen LogP contribution in [0, 0.1) is 6.92 Å². The van der Waals surface area contributed by atoms with Gasteiger partial charge in [0.15, 0.2) is 5.60 Å². The zero-order valence-electron chi connectivity index (χ0n) is 19.1. The Hall–Kier alpha value is -3.77. The van der Waals surface area contributed by atoms with Crippen molar-refractivity contribution in [2.24, 2.45) is 0 Å². The Bertz CT molecular complexity index is 1480. The predicted molar refractivity (Wildman–Crippen MR) is 134 cm³/mol. The Labute approximate surface area is 211 Å². The summed E-state index contributed by atoms with van der Waals surface area (Å²) in [5.74, 6) is 2.35. The monoisotopic (exact) mass is 528 g/mol.